The molecule has 25 heavy (non-hydrogen) atoms. The minimum Gasteiger partial charge on any atom is -0.435 e. The lowest BCUT2D eigenvalue weighted by Crippen LogP contribution is -2.19. The van der Waals surface area contributed by atoms with E-state index in [0.29, 0.717) is 16.7 Å². The molecule has 2 aromatic rings. The summed E-state index contributed by atoms with van der Waals surface area (Å²) in [6.07, 6.45) is 5.88. The highest BCUT2D eigenvalue weighted by Gasteiger charge is 2.20. The second-order valence-corrected chi connectivity index (χ2v) is 6.77. The first-order valence-electron chi connectivity index (χ1n) is 8.06. The highest BCUT2D eigenvalue weighted by atomic mass is 32.1. The van der Waals surface area contributed by atoms with Crippen molar-refractivity contribution in [1.29, 1.82) is 0 Å². The molecule has 1 aliphatic rings. The van der Waals surface area contributed by atoms with E-state index < -0.39 is 12.6 Å². The molecule has 6 nitrogen and oxygen atoms in total. The van der Waals surface area contributed by atoms with Gasteiger partial charge in [0.15, 0.2) is 0 Å². The van der Waals surface area contributed by atoms with Gasteiger partial charge in [-0.2, -0.15) is 8.78 Å². The van der Waals surface area contributed by atoms with E-state index in [1.807, 2.05) is 0 Å². The van der Waals surface area contributed by atoms with Gasteiger partial charge in [-0.15, -0.1) is 10.2 Å². The molecule has 0 spiro atoms. The maximum Gasteiger partial charge on any atom is 0.387 e. The average Bonchev–Trinajstić information content (AvgIpc) is 3.03. The molecule has 2 N–H and O–H groups in total. The van der Waals surface area contributed by atoms with Gasteiger partial charge in [0.25, 0.3) is 0 Å². The van der Waals surface area contributed by atoms with E-state index in [0.717, 1.165) is 17.8 Å². The molecule has 2 amide bonds. The molecule has 1 aromatic heterocycles. The molecule has 1 aromatic carbocycles. The normalized spacial score (nSPS) is 15.2. The molecular weight excluding hydrogens is 350 g/mol. The number of urea groups is 1. The van der Waals surface area contributed by atoms with Crippen LogP contribution < -0.4 is 15.4 Å². The SMILES string of the molecule is O=C(Nc1cccc(OC(F)F)c1)Nc1nnc(C2CCCCC2)s1. The Morgan fingerprint density at radius 1 is 1.20 bits per heavy atom. The van der Waals surface area contributed by atoms with Crippen LogP contribution in [-0.4, -0.2) is 22.8 Å². The second kappa shape index (κ2) is 8.19. The number of hydrogen-bond donors (Lipinski definition) is 2. The number of rotatable bonds is 5. The molecule has 3 rings (SSSR count). The number of amides is 2. The van der Waals surface area contributed by atoms with Crippen LogP contribution in [0.4, 0.5) is 24.4 Å². The molecule has 0 bridgehead atoms. The smallest absolute Gasteiger partial charge is 0.387 e. The second-order valence-electron chi connectivity index (χ2n) is 5.77. The fourth-order valence-electron chi connectivity index (χ4n) is 2.81. The number of aromatic nitrogens is 2. The van der Waals surface area contributed by atoms with Crippen molar-refractivity contribution in [1.82, 2.24) is 10.2 Å². The van der Waals surface area contributed by atoms with Gasteiger partial charge in [0.1, 0.15) is 10.8 Å². The molecule has 0 unspecified atom stereocenters. The van der Waals surface area contributed by atoms with Crippen LogP contribution in [0.1, 0.15) is 43.0 Å². The molecule has 1 heterocycles. The Balaban J connectivity index is 1.56. The lowest BCUT2D eigenvalue weighted by Gasteiger charge is -2.18. The fraction of sp³-hybridized carbons (Fsp3) is 0.438. The fourth-order valence-corrected chi connectivity index (χ4v) is 3.72. The van der Waals surface area contributed by atoms with Gasteiger partial charge in [-0.25, -0.2) is 4.79 Å². The van der Waals surface area contributed by atoms with Crippen LogP contribution in [0, 0.1) is 0 Å². The number of ether oxygens (including phenoxy) is 1. The third-order valence-corrected chi connectivity index (χ3v) is 4.93. The molecule has 9 heteroatoms. The summed E-state index contributed by atoms with van der Waals surface area (Å²) in [7, 11) is 0. The number of nitrogens with one attached hydrogen (secondary N) is 2. The Hall–Kier alpha value is -2.29. The summed E-state index contributed by atoms with van der Waals surface area (Å²) < 4.78 is 28.7. The lowest BCUT2D eigenvalue weighted by atomic mass is 9.90. The molecule has 0 saturated heterocycles. The van der Waals surface area contributed by atoms with E-state index in [-0.39, 0.29) is 5.75 Å². The zero-order valence-corrected chi connectivity index (χ0v) is 14.2. The first-order chi connectivity index (χ1) is 12.1. The quantitative estimate of drug-likeness (QED) is 0.792. The molecular formula is C16H18F2N4O2S. The standard InChI is InChI=1S/C16H18F2N4O2S/c17-14(18)24-12-8-4-7-11(9-12)19-15(23)20-16-22-21-13(25-16)10-5-2-1-3-6-10/h4,7-10,14H,1-3,5-6H2,(H2,19,20,22,23). The zero-order valence-electron chi connectivity index (χ0n) is 13.4. The van der Waals surface area contributed by atoms with Gasteiger partial charge in [-0.05, 0) is 25.0 Å². The molecule has 1 fully saturated rings. The summed E-state index contributed by atoms with van der Waals surface area (Å²) in [5, 5.41) is 14.7. The first-order valence-corrected chi connectivity index (χ1v) is 8.88. The number of alkyl halides is 2. The van der Waals surface area contributed by atoms with Crippen molar-refractivity contribution in [3.63, 3.8) is 0 Å². The van der Waals surface area contributed by atoms with Gasteiger partial charge in [0.05, 0.1) is 0 Å². The largest absolute Gasteiger partial charge is 0.435 e. The summed E-state index contributed by atoms with van der Waals surface area (Å²) in [5.74, 6) is 0.399. The van der Waals surface area contributed by atoms with Crippen molar-refractivity contribution < 1.29 is 18.3 Å². The van der Waals surface area contributed by atoms with Gasteiger partial charge in [-0.3, -0.25) is 5.32 Å². The van der Waals surface area contributed by atoms with Gasteiger partial charge >= 0.3 is 12.6 Å². The number of nitrogens with zero attached hydrogens (tertiary/aromatic N) is 2. The van der Waals surface area contributed by atoms with Crippen LogP contribution in [0.15, 0.2) is 24.3 Å². The highest BCUT2D eigenvalue weighted by molar-refractivity contribution is 7.15. The Morgan fingerprint density at radius 3 is 2.76 bits per heavy atom. The van der Waals surface area contributed by atoms with Crippen molar-refractivity contribution in [3.05, 3.63) is 29.3 Å². The monoisotopic (exact) mass is 368 g/mol. The van der Waals surface area contributed by atoms with Crippen molar-refractivity contribution in [2.45, 2.75) is 44.6 Å². The van der Waals surface area contributed by atoms with E-state index >= 15 is 0 Å². The molecule has 0 atom stereocenters. The number of benzene rings is 1. The van der Waals surface area contributed by atoms with Crippen LogP contribution in [0.5, 0.6) is 5.75 Å². The summed E-state index contributed by atoms with van der Waals surface area (Å²) in [6.45, 7) is -2.91. The number of hydrogen-bond acceptors (Lipinski definition) is 5. The summed E-state index contributed by atoms with van der Waals surface area (Å²) in [6, 6.07) is 5.28. The summed E-state index contributed by atoms with van der Waals surface area (Å²) in [5.41, 5.74) is 0.340. The molecule has 0 radical (unpaired) electrons. The highest BCUT2D eigenvalue weighted by Crippen LogP contribution is 2.35. The van der Waals surface area contributed by atoms with Gasteiger partial charge < -0.3 is 10.1 Å². The van der Waals surface area contributed by atoms with Gasteiger partial charge in [-0.1, -0.05) is 36.7 Å². The van der Waals surface area contributed by atoms with Crippen LogP contribution in [-0.2, 0) is 0 Å². The Bertz CT molecular complexity index is 720. The van der Waals surface area contributed by atoms with E-state index in [4.69, 9.17) is 0 Å². The van der Waals surface area contributed by atoms with Crippen LogP contribution in [0.25, 0.3) is 0 Å². The average molecular weight is 368 g/mol. The van der Waals surface area contributed by atoms with E-state index in [2.05, 4.69) is 25.6 Å². The van der Waals surface area contributed by atoms with Crippen LogP contribution in [0.3, 0.4) is 0 Å². The van der Waals surface area contributed by atoms with Crippen molar-refractivity contribution in [2.24, 2.45) is 0 Å². The minimum absolute atomic E-state index is 0.0247. The molecule has 1 aliphatic carbocycles. The molecule has 134 valence electrons. The number of anilines is 2. The summed E-state index contributed by atoms with van der Waals surface area (Å²) in [4.78, 5) is 12.0. The van der Waals surface area contributed by atoms with E-state index in [1.54, 1.807) is 6.07 Å². The van der Waals surface area contributed by atoms with Crippen molar-refractivity contribution >= 4 is 28.2 Å². The van der Waals surface area contributed by atoms with Crippen LogP contribution >= 0.6 is 11.3 Å². The van der Waals surface area contributed by atoms with E-state index in [9.17, 15) is 13.6 Å². The minimum atomic E-state index is -2.91. The van der Waals surface area contributed by atoms with Crippen molar-refractivity contribution in [2.75, 3.05) is 10.6 Å². The topological polar surface area (TPSA) is 76.1 Å². The predicted molar refractivity (Wildman–Crippen MR) is 91.5 cm³/mol. The maximum atomic E-state index is 12.2. The third kappa shape index (κ3) is 5.09. The van der Waals surface area contributed by atoms with Crippen LogP contribution in [0.2, 0.25) is 0 Å². The number of carbonyl (C=O) groups is 1. The van der Waals surface area contributed by atoms with Crippen molar-refractivity contribution in [3.8, 4) is 5.75 Å². The Kier molecular flexibility index (Phi) is 5.75. The van der Waals surface area contributed by atoms with E-state index in [1.165, 1.54) is 48.8 Å². The third-order valence-electron chi connectivity index (χ3n) is 3.93. The van der Waals surface area contributed by atoms with Gasteiger partial charge in [0, 0.05) is 17.7 Å². The lowest BCUT2D eigenvalue weighted by molar-refractivity contribution is -0.0497. The first kappa shape index (κ1) is 17.5. The summed E-state index contributed by atoms with van der Waals surface area (Å²) >= 11 is 1.37. The maximum absolute atomic E-state index is 12.2. The predicted octanol–water partition coefficient (Wildman–Crippen LogP) is 4.83. The number of halogens is 2. The molecule has 0 aliphatic heterocycles. The Morgan fingerprint density at radius 2 is 2.00 bits per heavy atom. The zero-order chi connectivity index (χ0) is 17.6. The number of carbonyl (C=O) groups excluding carboxylic acids is 1. The molecule has 1 saturated carbocycles. The Labute approximate surface area is 147 Å². The van der Waals surface area contributed by atoms with Gasteiger partial charge in [0.2, 0.25) is 5.13 Å².